The molecule has 3 N–H and O–H groups in total. The largest absolute Gasteiger partial charge is 0.373 e. The van der Waals surface area contributed by atoms with Crippen LogP contribution >= 0.6 is 0 Å². The number of carbonyl (C=O) groups is 1. The Morgan fingerprint density at radius 2 is 2.06 bits per heavy atom. The SMILES string of the molecule is CCNC(=O)CCOC1(CN)CCCCC1. The molecule has 16 heavy (non-hydrogen) atoms. The van der Waals surface area contributed by atoms with E-state index in [1.807, 2.05) is 6.92 Å². The Morgan fingerprint density at radius 1 is 1.38 bits per heavy atom. The number of hydrogen-bond donors (Lipinski definition) is 2. The summed E-state index contributed by atoms with van der Waals surface area (Å²) in [7, 11) is 0. The van der Waals surface area contributed by atoms with Gasteiger partial charge in [-0.3, -0.25) is 4.79 Å². The molecule has 1 aliphatic carbocycles. The van der Waals surface area contributed by atoms with E-state index in [9.17, 15) is 4.79 Å². The number of carbonyl (C=O) groups excluding carboxylic acids is 1. The van der Waals surface area contributed by atoms with Crippen LogP contribution in [0.2, 0.25) is 0 Å². The fourth-order valence-electron chi connectivity index (χ4n) is 2.25. The zero-order chi connectivity index (χ0) is 11.9. The van der Waals surface area contributed by atoms with Gasteiger partial charge in [0, 0.05) is 19.5 Å². The number of hydrogen-bond acceptors (Lipinski definition) is 3. The van der Waals surface area contributed by atoms with Gasteiger partial charge in [0.15, 0.2) is 0 Å². The van der Waals surface area contributed by atoms with Gasteiger partial charge in [0.25, 0.3) is 0 Å². The van der Waals surface area contributed by atoms with Crippen molar-refractivity contribution < 1.29 is 9.53 Å². The molecule has 0 saturated heterocycles. The number of rotatable bonds is 6. The second-order valence-corrected chi connectivity index (χ2v) is 4.50. The zero-order valence-corrected chi connectivity index (χ0v) is 10.3. The lowest BCUT2D eigenvalue weighted by Gasteiger charge is -2.36. The number of ether oxygens (including phenoxy) is 1. The molecule has 0 atom stereocenters. The Balaban J connectivity index is 2.25. The minimum Gasteiger partial charge on any atom is -0.373 e. The molecule has 0 aromatic heterocycles. The van der Waals surface area contributed by atoms with Crippen LogP contribution < -0.4 is 11.1 Å². The number of nitrogens with two attached hydrogens (primary N) is 1. The van der Waals surface area contributed by atoms with Gasteiger partial charge in [0.2, 0.25) is 5.91 Å². The van der Waals surface area contributed by atoms with Crippen LogP contribution in [0.15, 0.2) is 0 Å². The molecule has 1 amide bonds. The Labute approximate surface area is 97.9 Å². The third kappa shape index (κ3) is 4.10. The molecule has 1 fully saturated rings. The first kappa shape index (κ1) is 13.5. The first-order chi connectivity index (χ1) is 7.72. The van der Waals surface area contributed by atoms with Gasteiger partial charge >= 0.3 is 0 Å². The van der Waals surface area contributed by atoms with Gasteiger partial charge in [-0.15, -0.1) is 0 Å². The highest BCUT2D eigenvalue weighted by atomic mass is 16.5. The third-order valence-corrected chi connectivity index (χ3v) is 3.25. The summed E-state index contributed by atoms with van der Waals surface area (Å²) in [6, 6.07) is 0. The molecular formula is C12H24N2O2. The minimum absolute atomic E-state index is 0.0606. The Kier molecular flexibility index (Phi) is 5.77. The van der Waals surface area contributed by atoms with E-state index >= 15 is 0 Å². The molecule has 4 heteroatoms. The lowest BCUT2D eigenvalue weighted by atomic mass is 9.85. The molecule has 4 nitrogen and oxygen atoms in total. The van der Waals surface area contributed by atoms with E-state index in [4.69, 9.17) is 10.5 Å². The Morgan fingerprint density at radius 3 is 2.62 bits per heavy atom. The summed E-state index contributed by atoms with van der Waals surface area (Å²) in [5.41, 5.74) is 5.64. The summed E-state index contributed by atoms with van der Waals surface area (Å²) in [6.45, 7) is 3.66. The van der Waals surface area contributed by atoms with Crippen LogP contribution in [0.1, 0.15) is 45.4 Å². The van der Waals surface area contributed by atoms with Crippen molar-refractivity contribution in [1.29, 1.82) is 0 Å². The van der Waals surface area contributed by atoms with E-state index in [2.05, 4.69) is 5.32 Å². The summed E-state index contributed by atoms with van der Waals surface area (Å²) >= 11 is 0. The standard InChI is InChI=1S/C12H24N2O2/c1-2-14-11(15)6-9-16-12(10-13)7-4-3-5-8-12/h2-10,13H2,1H3,(H,14,15). The molecule has 0 aromatic rings. The van der Waals surface area contributed by atoms with Gasteiger partial charge in [-0.1, -0.05) is 19.3 Å². The van der Waals surface area contributed by atoms with Crippen molar-refractivity contribution in [1.82, 2.24) is 5.32 Å². The summed E-state index contributed by atoms with van der Waals surface area (Å²) < 4.78 is 5.85. The van der Waals surface area contributed by atoms with Crippen LogP contribution in [-0.2, 0) is 9.53 Å². The van der Waals surface area contributed by atoms with E-state index in [1.165, 1.54) is 19.3 Å². The second-order valence-electron chi connectivity index (χ2n) is 4.50. The van der Waals surface area contributed by atoms with Gasteiger partial charge < -0.3 is 15.8 Å². The van der Waals surface area contributed by atoms with E-state index in [0.717, 1.165) is 12.8 Å². The van der Waals surface area contributed by atoms with E-state index < -0.39 is 0 Å². The monoisotopic (exact) mass is 228 g/mol. The van der Waals surface area contributed by atoms with Crippen molar-refractivity contribution in [2.24, 2.45) is 5.73 Å². The quantitative estimate of drug-likeness (QED) is 0.717. The topological polar surface area (TPSA) is 64.3 Å². The summed E-state index contributed by atoms with van der Waals surface area (Å²) in [4.78, 5) is 11.3. The normalized spacial score (nSPS) is 19.4. The summed E-state index contributed by atoms with van der Waals surface area (Å²) in [5, 5.41) is 2.76. The molecule has 94 valence electrons. The van der Waals surface area contributed by atoms with Crippen LogP contribution in [0.25, 0.3) is 0 Å². The van der Waals surface area contributed by atoms with Crippen LogP contribution in [0.5, 0.6) is 0 Å². The maximum atomic E-state index is 11.3. The highest BCUT2D eigenvalue weighted by Crippen LogP contribution is 2.30. The number of amides is 1. The first-order valence-corrected chi connectivity index (χ1v) is 6.33. The Bertz CT molecular complexity index is 213. The highest BCUT2D eigenvalue weighted by molar-refractivity contribution is 5.75. The lowest BCUT2D eigenvalue weighted by molar-refractivity contribution is -0.124. The van der Waals surface area contributed by atoms with Crippen molar-refractivity contribution in [3.8, 4) is 0 Å². The maximum Gasteiger partial charge on any atom is 0.222 e. The highest BCUT2D eigenvalue weighted by Gasteiger charge is 2.31. The van der Waals surface area contributed by atoms with Crippen LogP contribution in [0, 0.1) is 0 Å². The van der Waals surface area contributed by atoms with Crippen molar-refractivity contribution in [3.63, 3.8) is 0 Å². The molecular weight excluding hydrogens is 204 g/mol. The van der Waals surface area contributed by atoms with E-state index in [0.29, 0.717) is 26.1 Å². The average molecular weight is 228 g/mol. The van der Waals surface area contributed by atoms with Gasteiger partial charge in [0.1, 0.15) is 0 Å². The second kappa shape index (κ2) is 6.86. The van der Waals surface area contributed by atoms with Crippen molar-refractivity contribution in [2.75, 3.05) is 19.7 Å². The molecule has 0 radical (unpaired) electrons. The van der Waals surface area contributed by atoms with Gasteiger partial charge in [-0.2, -0.15) is 0 Å². The van der Waals surface area contributed by atoms with Crippen LogP contribution in [0.3, 0.4) is 0 Å². The molecule has 0 spiro atoms. The van der Waals surface area contributed by atoms with E-state index in [1.54, 1.807) is 0 Å². The third-order valence-electron chi connectivity index (χ3n) is 3.25. The summed E-state index contributed by atoms with van der Waals surface area (Å²) in [6.07, 6.45) is 6.19. The number of nitrogens with one attached hydrogen (secondary N) is 1. The smallest absolute Gasteiger partial charge is 0.222 e. The molecule has 0 unspecified atom stereocenters. The lowest BCUT2D eigenvalue weighted by Crippen LogP contribution is -2.43. The fourth-order valence-corrected chi connectivity index (χ4v) is 2.25. The van der Waals surface area contributed by atoms with E-state index in [-0.39, 0.29) is 11.5 Å². The minimum atomic E-state index is -0.148. The predicted octanol–water partition coefficient (Wildman–Crippen LogP) is 1.19. The predicted molar refractivity (Wildman–Crippen MR) is 64.1 cm³/mol. The average Bonchev–Trinajstić information content (AvgIpc) is 2.31. The maximum absolute atomic E-state index is 11.3. The molecule has 1 rings (SSSR count). The Hall–Kier alpha value is -0.610. The molecule has 0 aliphatic heterocycles. The van der Waals surface area contributed by atoms with Gasteiger partial charge in [-0.25, -0.2) is 0 Å². The first-order valence-electron chi connectivity index (χ1n) is 6.33. The van der Waals surface area contributed by atoms with Gasteiger partial charge in [-0.05, 0) is 19.8 Å². The zero-order valence-electron chi connectivity index (χ0n) is 10.3. The molecule has 0 bridgehead atoms. The summed E-state index contributed by atoms with van der Waals surface area (Å²) in [5.74, 6) is 0.0606. The molecule has 0 aromatic carbocycles. The van der Waals surface area contributed by atoms with Crippen molar-refractivity contribution >= 4 is 5.91 Å². The molecule has 0 heterocycles. The molecule has 1 saturated carbocycles. The van der Waals surface area contributed by atoms with Crippen LogP contribution in [0.4, 0.5) is 0 Å². The van der Waals surface area contributed by atoms with Crippen molar-refractivity contribution in [2.45, 2.75) is 51.0 Å². The van der Waals surface area contributed by atoms with Crippen LogP contribution in [-0.4, -0.2) is 31.2 Å². The van der Waals surface area contributed by atoms with Crippen molar-refractivity contribution in [3.05, 3.63) is 0 Å². The van der Waals surface area contributed by atoms with Gasteiger partial charge in [0.05, 0.1) is 12.2 Å². The fraction of sp³-hybridized carbons (Fsp3) is 0.917. The molecule has 1 aliphatic rings.